The van der Waals surface area contributed by atoms with E-state index in [4.69, 9.17) is 14.9 Å². The summed E-state index contributed by atoms with van der Waals surface area (Å²) in [4.78, 5) is 11.5. The van der Waals surface area contributed by atoms with Crippen LogP contribution in [-0.4, -0.2) is 80.2 Å². The third-order valence-electron chi connectivity index (χ3n) is 2.76. The van der Waals surface area contributed by atoms with Gasteiger partial charge >= 0.3 is 0 Å². The van der Waals surface area contributed by atoms with E-state index in [1.807, 2.05) is 0 Å². The summed E-state index contributed by atoms with van der Waals surface area (Å²) in [6, 6.07) is -0.751. The minimum absolute atomic E-state index is 0.198. The van der Waals surface area contributed by atoms with Crippen LogP contribution in [0.25, 0.3) is 0 Å². The minimum atomic E-state index is -3.46. The van der Waals surface area contributed by atoms with E-state index in [0.717, 1.165) is 0 Å². The van der Waals surface area contributed by atoms with Crippen LogP contribution < -0.4 is 5.32 Å². The maximum absolute atomic E-state index is 11.9. The molecule has 1 heterocycles. The first kappa shape index (κ1) is 16.3. The summed E-state index contributed by atoms with van der Waals surface area (Å²) in [5.74, 6) is -0.799. The van der Waals surface area contributed by atoms with Crippen LogP contribution in [-0.2, 0) is 19.6 Å². The number of aliphatic hydroxyl groups excluding tert-OH is 2. The van der Waals surface area contributed by atoms with Gasteiger partial charge in [-0.05, 0) is 0 Å². The highest BCUT2D eigenvalue weighted by atomic mass is 32.2. The normalized spacial score (nSPS) is 17.6. The van der Waals surface area contributed by atoms with Gasteiger partial charge in [0.15, 0.2) is 0 Å². The van der Waals surface area contributed by atoms with Crippen molar-refractivity contribution in [3.05, 3.63) is 0 Å². The van der Waals surface area contributed by atoms with Crippen LogP contribution in [0.4, 0.5) is 0 Å². The van der Waals surface area contributed by atoms with Gasteiger partial charge in [0.2, 0.25) is 15.9 Å². The molecule has 1 fully saturated rings. The molecule has 0 saturated carbocycles. The van der Waals surface area contributed by atoms with Crippen molar-refractivity contribution in [1.29, 1.82) is 0 Å². The highest BCUT2D eigenvalue weighted by Gasteiger charge is 2.25. The van der Waals surface area contributed by atoms with Crippen molar-refractivity contribution in [3.63, 3.8) is 0 Å². The van der Waals surface area contributed by atoms with Gasteiger partial charge < -0.3 is 20.3 Å². The molecule has 0 unspecified atom stereocenters. The molecule has 0 bridgehead atoms. The van der Waals surface area contributed by atoms with Crippen molar-refractivity contribution >= 4 is 15.9 Å². The van der Waals surface area contributed by atoms with E-state index in [0.29, 0.717) is 26.3 Å². The summed E-state index contributed by atoms with van der Waals surface area (Å²) >= 11 is 0. The maximum atomic E-state index is 11.9. The van der Waals surface area contributed by atoms with Crippen molar-refractivity contribution in [1.82, 2.24) is 9.62 Å². The highest BCUT2D eigenvalue weighted by molar-refractivity contribution is 7.89. The second-order valence-corrected chi connectivity index (χ2v) is 6.30. The Morgan fingerprint density at radius 2 is 1.84 bits per heavy atom. The van der Waals surface area contributed by atoms with Crippen LogP contribution >= 0.6 is 0 Å². The largest absolute Gasteiger partial charge is 0.394 e. The lowest BCUT2D eigenvalue weighted by Crippen LogP contribution is -2.44. The van der Waals surface area contributed by atoms with Gasteiger partial charge in [-0.3, -0.25) is 4.79 Å². The number of carbonyl (C=O) groups excluding carboxylic acids is 1. The van der Waals surface area contributed by atoms with Gasteiger partial charge in [0, 0.05) is 19.5 Å². The summed E-state index contributed by atoms with van der Waals surface area (Å²) in [6.07, 6.45) is -0.198. The first-order valence-electron chi connectivity index (χ1n) is 6.06. The van der Waals surface area contributed by atoms with Crippen molar-refractivity contribution in [2.24, 2.45) is 0 Å². The first-order valence-corrected chi connectivity index (χ1v) is 7.67. The average Bonchev–Trinajstić information content (AvgIpc) is 2.43. The van der Waals surface area contributed by atoms with E-state index in [1.165, 1.54) is 4.31 Å². The molecule has 0 atom stereocenters. The first-order chi connectivity index (χ1) is 8.99. The number of amides is 1. The number of hydrogen-bond donors (Lipinski definition) is 3. The Labute approximate surface area is 112 Å². The second-order valence-electron chi connectivity index (χ2n) is 4.21. The van der Waals surface area contributed by atoms with Crippen molar-refractivity contribution in [3.8, 4) is 0 Å². The molecule has 19 heavy (non-hydrogen) atoms. The van der Waals surface area contributed by atoms with Gasteiger partial charge in [-0.15, -0.1) is 0 Å². The summed E-state index contributed by atoms with van der Waals surface area (Å²) in [5.41, 5.74) is 0. The van der Waals surface area contributed by atoms with Crippen LogP contribution in [0.15, 0.2) is 0 Å². The number of nitrogens with one attached hydrogen (secondary N) is 1. The molecule has 0 aliphatic carbocycles. The summed E-state index contributed by atoms with van der Waals surface area (Å²) in [7, 11) is -3.46. The Morgan fingerprint density at radius 3 is 2.37 bits per heavy atom. The Bertz CT molecular complexity index is 375. The predicted octanol–water partition coefficient (Wildman–Crippen LogP) is -2.49. The molecule has 1 amide bonds. The zero-order valence-corrected chi connectivity index (χ0v) is 11.4. The number of morpholine rings is 1. The molecular weight excluding hydrogens is 276 g/mol. The zero-order chi connectivity index (χ0) is 14.3. The Balaban J connectivity index is 2.39. The molecular formula is C10H20N2O6S. The third-order valence-corrected chi connectivity index (χ3v) is 4.63. The zero-order valence-electron chi connectivity index (χ0n) is 10.6. The number of nitrogens with zero attached hydrogens (tertiary/aromatic N) is 1. The Morgan fingerprint density at radius 1 is 1.26 bits per heavy atom. The molecule has 3 N–H and O–H groups in total. The van der Waals surface area contributed by atoms with Gasteiger partial charge in [0.25, 0.3) is 0 Å². The van der Waals surface area contributed by atoms with Gasteiger partial charge in [0.05, 0.1) is 38.2 Å². The van der Waals surface area contributed by atoms with E-state index < -0.39 is 35.2 Å². The van der Waals surface area contributed by atoms with Gasteiger partial charge in [-0.1, -0.05) is 0 Å². The molecule has 0 aromatic heterocycles. The van der Waals surface area contributed by atoms with E-state index in [-0.39, 0.29) is 12.2 Å². The summed E-state index contributed by atoms with van der Waals surface area (Å²) in [5, 5.41) is 19.9. The van der Waals surface area contributed by atoms with Crippen LogP contribution in [0.5, 0.6) is 0 Å². The number of ether oxygens (including phenoxy) is 1. The number of aliphatic hydroxyl groups is 2. The standard InChI is InChI=1S/C10H20N2O6S/c13-7-9(8-14)11-10(15)1-6-19(16,17)12-2-4-18-5-3-12/h9,13-14H,1-8H2,(H,11,15). The molecule has 1 aliphatic rings. The number of hydrogen-bond acceptors (Lipinski definition) is 6. The van der Waals surface area contributed by atoms with Crippen molar-refractivity contribution < 1.29 is 28.2 Å². The third kappa shape index (κ3) is 5.41. The van der Waals surface area contributed by atoms with E-state index in [1.54, 1.807) is 0 Å². The number of sulfonamides is 1. The Hall–Kier alpha value is -0.740. The second kappa shape index (κ2) is 7.75. The topological polar surface area (TPSA) is 116 Å². The highest BCUT2D eigenvalue weighted by Crippen LogP contribution is 2.06. The van der Waals surface area contributed by atoms with Crippen LogP contribution in [0, 0.1) is 0 Å². The fourth-order valence-corrected chi connectivity index (χ4v) is 3.03. The van der Waals surface area contributed by atoms with Crippen LogP contribution in [0.1, 0.15) is 6.42 Å². The van der Waals surface area contributed by atoms with Gasteiger partial charge in [-0.25, -0.2) is 8.42 Å². The quantitative estimate of drug-likeness (QED) is 0.478. The lowest BCUT2D eigenvalue weighted by molar-refractivity contribution is -0.122. The number of carbonyl (C=O) groups is 1. The van der Waals surface area contributed by atoms with E-state index >= 15 is 0 Å². The summed E-state index contributed by atoms with van der Waals surface area (Å²) in [6.45, 7) is 0.557. The van der Waals surface area contributed by atoms with Crippen molar-refractivity contribution in [2.45, 2.75) is 12.5 Å². The lowest BCUT2D eigenvalue weighted by atomic mass is 10.3. The van der Waals surface area contributed by atoms with Crippen LogP contribution in [0.3, 0.4) is 0 Å². The fourth-order valence-electron chi connectivity index (χ4n) is 1.62. The SMILES string of the molecule is O=C(CCS(=O)(=O)N1CCOCC1)NC(CO)CO. The molecule has 0 radical (unpaired) electrons. The molecule has 0 aromatic rings. The monoisotopic (exact) mass is 296 g/mol. The Kier molecular flexibility index (Phi) is 6.66. The van der Waals surface area contributed by atoms with Crippen molar-refractivity contribution in [2.75, 3.05) is 45.3 Å². The molecule has 8 nitrogen and oxygen atoms in total. The molecule has 0 spiro atoms. The van der Waals surface area contributed by atoms with Gasteiger partial charge in [-0.2, -0.15) is 4.31 Å². The van der Waals surface area contributed by atoms with Crippen LogP contribution in [0.2, 0.25) is 0 Å². The average molecular weight is 296 g/mol. The van der Waals surface area contributed by atoms with E-state index in [2.05, 4.69) is 5.32 Å². The maximum Gasteiger partial charge on any atom is 0.221 e. The van der Waals surface area contributed by atoms with Gasteiger partial charge in [0.1, 0.15) is 0 Å². The molecule has 1 aliphatic heterocycles. The fraction of sp³-hybridized carbons (Fsp3) is 0.900. The molecule has 0 aromatic carbocycles. The lowest BCUT2D eigenvalue weighted by Gasteiger charge is -2.26. The number of rotatable bonds is 7. The molecule has 9 heteroatoms. The predicted molar refractivity (Wildman–Crippen MR) is 66.9 cm³/mol. The molecule has 112 valence electrons. The summed E-state index contributed by atoms with van der Waals surface area (Å²) < 4.78 is 30.2. The molecule has 1 rings (SSSR count). The van der Waals surface area contributed by atoms with E-state index in [9.17, 15) is 13.2 Å². The minimum Gasteiger partial charge on any atom is -0.394 e. The smallest absolute Gasteiger partial charge is 0.221 e. The molecule has 1 saturated heterocycles.